The van der Waals surface area contributed by atoms with Crippen LogP contribution < -0.4 is 0 Å². The first-order valence-electron chi connectivity index (χ1n) is 4.49. The Kier molecular flexibility index (Phi) is 6.44. The Morgan fingerprint density at radius 3 is 2.58 bits per heavy atom. The summed E-state index contributed by atoms with van der Waals surface area (Å²) >= 11 is 0. The number of hydrogen-bond donors (Lipinski definition) is 0. The van der Waals surface area contributed by atoms with Gasteiger partial charge in [-0.05, 0) is 32.3 Å². The van der Waals surface area contributed by atoms with Crippen molar-refractivity contribution in [1.82, 2.24) is 0 Å². The van der Waals surface area contributed by atoms with Crippen molar-refractivity contribution < 1.29 is 4.84 Å². The standard InChI is InChI=1S/C10H19NO/c1-5-7-8-10(11-12-4)9(3)6-2/h6H,5,7-8H2,1-4H3/b9-6+,11-10-. The molecule has 0 unspecified atom stereocenters. The van der Waals surface area contributed by atoms with Crippen molar-refractivity contribution in [2.75, 3.05) is 7.11 Å². The van der Waals surface area contributed by atoms with E-state index in [1.807, 2.05) is 6.92 Å². The van der Waals surface area contributed by atoms with Crippen LogP contribution in [0.3, 0.4) is 0 Å². The molecule has 70 valence electrons. The Morgan fingerprint density at radius 2 is 2.17 bits per heavy atom. The summed E-state index contributed by atoms with van der Waals surface area (Å²) < 4.78 is 0. The van der Waals surface area contributed by atoms with Crippen LogP contribution in [-0.2, 0) is 4.84 Å². The van der Waals surface area contributed by atoms with E-state index in [0.717, 1.165) is 12.1 Å². The fourth-order valence-corrected chi connectivity index (χ4v) is 0.936. The number of oxime groups is 1. The van der Waals surface area contributed by atoms with E-state index >= 15 is 0 Å². The van der Waals surface area contributed by atoms with Crippen molar-refractivity contribution in [3.05, 3.63) is 11.6 Å². The summed E-state index contributed by atoms with van der Waals surface area (Å²) in [6, 6.07) is 0. The van der Waals surface area contributed by atoms with E-state index in [0.29, 0.717) is 0 Å². The van der Waals surface area contributed by atoms with Crippen molar-refractivity contribution >= 4 is 5.71 Å². The molecule has 12 heavy (non-hydrogen) atoms. The Morgan fingerprint density at radius 1 is 1.50 bits per heavy atom. The topological polar surface area (TPSA) is 21.6 Å². The van der Waals surface area contributed by atoms with E-state index in [2.05, 4.69) is 25.1 Å². The average molecular weight is 169 g/mol. The molecule has 0 atom stereocenters. The minimum Gasteiger partial charge on any atom is -0.399 e. The van der Waals surface area contributed by atoms with Crippen LogP contribution in [0.4, 0.5) is 0 Å². The molecule has 0 heterocycles. The molecular formula is C10H19NO. The van der Waals surface area contributed by atoms with Gasteiger partial charge < -0.3 is 4.84 Å². The number of nitrogens with zero attached hydrogens (tertiary/aromatic N) is 1. The van der Waals surface area contributed by atoms with Crippen molar-refractivity contribution in [2.24, 2.45) is 5.16 Å². The van der Waals surface area contributed by atoms with Crippen LogP contribution in [-0.4, -0.2) is 12.8 Å². The zero-order chi connectivity index (χ0) is 9.40. The van der Waals surface area contributed by atoms with Crippen molar-refractivity contribution in [2.45, 2.75) is 40.0 Å². The third-order valence-corrected chi connectivity index (χ3v) is 1.86. The molecule has 0 aromatic carbocycles. The minimum atomic E-state index is 1.01. The fourth-order valence-electron chi connectivity index (χ4n) is 0.936. The van der Waals surface area contributed by atoms with Gasteiger partial charge >= 0.3 is 0 Å². The second kappa shape index (κ2) is 6.89. The second-order valence-electron chi connectivity index (χ2n) is 2.80. The number of unbranched alkanes of at least 4 members (excludes halogenated alkanes) is 1. The van der Waals surface area contributed by atoms with Crippen LogP contribution in [0.1, 0.15) is 40.0 Å². The highest BCUT2D eigenvalue weighted by Crippen LogP contribution is 2.06. The Balaban J connectivity index is 4.14. The van der Waals surface area contributed by atoms with Crippen LogP contribution in [0.5, 0.6) is 0 Å². The van der Waals surface area contributed by atoms with Crippen LogP contribution in [0.25, 0.3) is 0 Å². The third kappa shape index (κ3) is 4.16. The molecule has 2 heteroatoms. The lowest BCUT2D eigenvalue weighted by atomic mass is 10.1. The van der Waals surface area contributed by atoms with Gasteiger partial charge in [0.25, 0.3) is 0 Å². The summed E-state index contributed by atoms with van der Waals surface area (Å²) in [4.78, 5) is 4.77. The molecular weight excluding hydrogens is 150 g/mol. The van der Waals surface area contributed by atoms with Crippen molar-refractivity contribution in [1.29, 1.82) is 0 Å². The zero-order valence-corrected chi connectivity index (χ0v) is 8.55. The normalized spacial score (nSPS) is 13.3. The highest BCUT2D eigenvalue weighted by Gasteiger charge is 2.00. The first-order chi connectivity index (χ1) is 5.76. The van der Waals surface area contributed by atoms with Gasteiger partial charge in [0.1, 0.15) is 7.11 Å². The predicted octanol–water partition coefficient (Wildman–Crippen LogP) is 3.15. The molecule has 0 spiro atoms. The summed E-state index contributed by atoms with van der Waals surface area (Å²) in [6.45, 7) is 6.26. The third-order valence-electron chi connectivity index (χ3n) is 1.86. The zero-order valence-electron chi connectivity index (χ0n) is 8.55. The Hall–Kier alpha value is -0.790. The van der Waals surface area contributed by atoms with E-state index in [9.17, 15) is 0 Å². The second-order valence-corrected chi connectivity index (χ2v) is 2.80. The van der Waals surface area contributed by atoms with Crippen LogP contribution in [0.2, 0.25) is 0 Å². The molecule has 0 bridgehead atoms. The smallest absolute Gasteiger partial charge is 0.106 e. The number of rotatable bonds is 5. The van der Waals surface area contributed by atoms with Gasteiger partial charge in [-0.25, -0.2) is 0 Å². The molecule has 0 radical (unpaired) electrons. The monoisotopic (exact) mass is 169 g/mol. The molecule has 0 saturated carbocycles. The van der Waals surface area contributed by atoms with Crippen LogP contribution in [0, 0.1) is 0 Å². The molecule has 0 N–H and O–H groups in total. The van der Waals surface area contributed by atoms with Crippen LogP contribution >= 0.6 is 0 Å². The molecule has 0 fully saturated rings. The minimum absolute atomic E-state index is 1.01. The summed E-state index contributed by atoms with van der Waals surface area (Å²) in [5.74, 6) is 0. The lowest BCUT2D eigenvalue weighted by Crippen LogP contribution is -2.00. The van der Waals surface area contributed by atoms with Gasteiger partial charge in [0, 0.05) is 0 Å². The van der Waals surface area contributed by atoms with E-state index in [1.54, 1.807) is 7.11 Å². The molecule has 0 rings (SSSR count). The van der Waals surface area contributed by atoms with E-state index in [4.69, 9.17) is 4.84 Å². The first kappa shape index (κ1) is 11.2. The maximum Gasteiger partial charge on any atom is 0.106 e. The lowest BCUT2D eigenvalue weighted by molar-refractivity contribution is 0.212. The van der Waals surface area contributed by atoms with Crippen molar-refractivity contribution in [3.8, 4) is 0 Å². The van der Waals surface area contributed by atoms with Gasteiger partial charge in [-0.1, -0.05) is 24.6 Å². The SMILES string of the molecule is C/C=C(C)/C(CCCC)=N\OC. The molecule has 2 nitrogen and oxygen atoms in total. The molecule has 0 saturated heterocycles. The van der Waals surface area contributed by atoms with E-state index in [-0.39, 0.29) is 0 Å². The quantitative estimate of drug-likeness (QED) is 0.457. The molecule has 0 aliphatic carbocycles. The van der Waals surface area contributed by atoms with Gasteiger partial charge in [-0.2, -0.15) is 0 Å². The highest BCUT2D eigenvalue weighted by molar-refractivity contribution is 5.99. The van der Waals surface area contributed by atoms with Gasteiger partial charge in [0.15, 0.2) is 0 Å². The van der Waals surface area contributed by atoms with Gasteiger partial charge in [0.05, 0.1) is 5.71 Å². The van der Waals surface area contributed by atoms with Gasteiger partial charge in [-0.15, -0.1) is 0 Å². The maximum atomic E-state index is 4.77. The summed E-state index contributed by atoms with van der Waals surface area (Å²) in [7, 11) is 1.59. The highest BCUT2D eigenvalue weighted by atomic mass is 16.6. The Bertz CT molecular complexity index is 171. The van der Waals surface area contributed by atoms with Crippen molar-refractivity contribution in [3.63, 3.8) is 0 Å². The van der Waals surface area contributed by atoms with Gasteiger partial charge in [0.2, 0.25) is 0 Å². The largest absolute Gasteiger partial charge is 0.399 e. The maximum absolute atomic E-state index is 4.77. The molecule has 0 aliphatic rings. The average Bonchev–Trinajstić information content (AvgIpc) is 2.11. The lowest BCUT2D eigenvalue weighted by Gasteiger charge is -2.03. The van der Waals surface area contributed by atoms with Gasteiger partial charge in [-0.3, -0.25) is 0 Å². The Labute approximate surface area is 75.3 Å². The van der Waals surface area contributed by atoms with E-state index < -0.39 is 0 Å². The molecule has 0 aromatic heterocycles. The summed E-state index contributed by atoms with van der Waals surface area (Å²) in [5.41, 5.74) is 2.28. The fraction of sp³-hybridized carbons (Fsp3) is 0.700. The first-order valence-corrected chi connectivity index (χ1v) is 4.49. The number of allylic oxidation sites excluding steroid dienone is 2. The predicted molar refractivity (Wildman–Crippen MR) is 53.4 cm³/mol. The van der Waals surface area contributed by atoms with E-state index in [1.165, 1.54) is 18.4 Å². The molecule has 0 aromatic rings. The number of hydrogen-bond acceptors (Lipinski definition) is 2. The molecule has 0 amide bonds. The summed E-state index contributed by atoms with van der Waals surface area (Å²) in [5, 5.41) is 3.98. The summed E-state index contributed by atoms with van der Waals surface area (Å²) in [6.07, 6.45) is 5.45. The molecule has 0 aliphatic heterocycles. The van der Waals surface area contributed by atoms with Crippen LogP contribution in [0.15, 0.2) is 16.8 Å².